The van der Waals surface area contributed by atoms with Crippen molar-refractivity contribution in [3.8, 4) is 6.01 Å². The Bertz CT molecular complexity index is 1210. The first-order chi connectivity index (χ1) is 15.9. The molecule has 0 aliphatic heterocycles. The van der Waals surface area contributed by atoms with Crippen LogP contribution in [0.25, 0.3) is 11.2 Å². The number of anilines is 1. The number of hydrogen-bond acceptors (Lipinski definition) is 9. The van der Waals surface area contributed by atoms with E-state index in [2.05, 4.69) is 19.7 Å². The second-order valence-corrected chi connectivity index (χ2v) is 7.09. The molecule has 0 aliphatic carbocycles. The van der Waals surface area contributed by atoms with Crippen molar-refractivity contribution in [1.29, 1.82) is 0 Å². The normalized spacial score (nSPS) is 11.2. The number of ketones is 1. The van der Waals surface area contributed by atoms with Crippen LogP contribution in [0.3, 0.4) is 0 Å². The quantitative estimate of drug-likeness (QED) is 0.245. The van der Waals surface area contributed by atoms with Gasteiger partial charge < -0.3 is 24.9 Å². The van der Waals surface area contributed by atoms with Crippen molar-refractivity contribution < 1.29 is 23.8 Å². The molecule has 0 unspecified atom stereocenters. The zero-order valence-corrected chi connectivity index (χ0v) is 18.4. The van der Waals surface area contributed by atoms with Crippen molar-refractivity contribution in [2.24, 2.45) is 0 Å². The van der Waals surface area contributed by atoms with E-state index in [4.69, 9.17) is 15.2 Å². The fourth-order valence-corrected chi connectivity index (χ4v) is 3.03. The number of fused-ring (bicyclic) bond motifs is 1. The number of esters is 1. The topological polar surface area (TPSA) is 151 Å². The number of methoxy groups -OCH3 is 2. The molecule has 0 radical (unpaired) electrons. The predicted octanol–water partition coefficient (Wildman–Crippen LogP) is 1.01. The van der Waals surface area contributed by atoms with Crippen LogP contribution >= 0.6 is 0 Å². The first-order valence-corrected chi connectivity index (χ1v) is 10.2. The lowest BCUT2D eigenvalue weighted by Crippen LogP contribution is -2.18. The maximum atomic E-state index is 12.5. The molecule has 3 aromatic rings. The summed E-state index contributed by atoms with van der Waals surface area (Å²) in [6.45, 7) is 0.868. The third-order valence-electron chi connectivity index (χ3n) is 4.78. The molecule has 0 bridgehead atoms. The fraction of sp³-hybridized carbons (Fsp3) is 0.318. The molecule has 0 saturated carbocycles. The van der Waals surface area contributed by atoms with Gasteiger partial charge in [-0.2, -0.15) is 9.97 Å². The van der Waals surface area contributed by atoms with E-state index in [9.17, 15) is 14.4 Å². The summed E-state index contributed by atoms with van der Waals surface area (Å²) < 4.78 is 16.3. The number of H-pyrrole nitrogens is 1. The number of rotatable bonds is 11. The number of carbonyl (C=O) groups excluding carboxylic acids is 2. The molecule has 33 heavy (non-hydrogen) atoms. The van der Waals surface area contributed by atoms with Gasteiger partial charge >= 0.3 is 17.7 Å². The first kappa shape index (κ1) is 23.7. The zero-order chi connectivity index (χ0) is 23.8. The monoisotopic (exact) mass is 455 g/mol. The van der Waals surface area contributed by atoms with Gasteiger partial charge in [-0.05, 0) is 23.6 Å². The fourth-order valence-electron chi connectivity index (χ4n) is 3.03. The van der Waals surface area contributed by atoms with Crippen molar-refractivity contribution in [3.63, 3.8) is 0 Å². The standard InChI is InChI=1S/C22H25N5O6/c1-31-11-12-33-21-25-19(23)18-20(26-21)27(22(30)24-18)13-15-5-3-14(4-6-15)7-8-16(28)9-10-17(29)32-2/h3-6,9-10H,7-8,11-13H2,1-2H3,(H,24,30)(H2,23,25,26)/b10-9+. The minimum atomic E-state index is -0.569. The number of hydrogen-bond donors (Lipinski definition) is 2. The largest absolute Gasteiger partial charge is 0.466 e. The van der Waals surface area contributed by atoms with E-state index >= 15 is 0 Å². The van der Waals surface area contributed by atoms with Gasteiger partial charge in [0, 0.05) is 19.6 Å². The van der Waals surface area contributed by atoms with Crippen molar-refractivity contribution in [1.82, 2.24) is 19.5 Å². The number of aryl methyl sites for hydroxylation is 1. The van der Waals surface area contributed by atoms with Gasteiger partial charge in [0.25, 0.3) is 0 Å². The van der Waals surface area contributed by atoms with Crippen LogP contribution in [0.4, 0.5) is 5.82 Å². The van der Waals surface area contributed by atoms with Gasteiger partial charge in [0.2, 0.25) is 0 Å². The maximum absolute atomic E-state index is 12.5. The van der Waals surface area contributed by atoms with E-state index in [-0.39, 0.29) is 42.9 Å². The van der Waals surface area contributed by atoms with Crippen LogP contribution in [-0.4, -0.2) is 58.7 Å². The zero-order valence-electron chi connectivity index (χ0n) is 18.4. The average molecular weight is 455 g/mol. The molecule has 11 nitrogen and oxygen atoms in total. The number of imidazole rings is 1. The maximum Gasteiger partial charge on any atom is 0.330 e. The van der Waals surface area contributed by atoms with E-state index in [1.54, 1.807) is 7.11 Å². The summed E-state index contributed by atoms with van der Waals surface area (Å²) in [4.78, 5) is 46.4. The summed E-state index contributed by atoms with van der Waals surface area (Å²) in [5, 5.41) is 0. The van der Waals surface area contributed by atoms with Crippen LogP contribution in [0, 0.1) is 0 Å². The second kappa shape index (κ2) is 11.0. The third-order valence-corrected chi connectivity index (χ3v) is 4.78. The Labute approximate surface area is 189 Å². The van der Waals surface area contributed by atoms with Gasteiger partial charge in [0.15, 0.2) is 17.2 Å². The summed E-state index contributed by atoms with van der Waals surface area (Å²) in [7, 11) is 2.80. The van der Waals surface area contributed by atoms with Crippen molar-refractivity contribution in [2.45, 2.75) is 19.4 Å². The minimum absolute atomic E-state index is 0.0612. The molecule has 3 rings (SSSR count). The molecule has 0 atom stereocenters. The summed E-state index contributed by atoms with van der Waals surface area (Å²) in [5.41, 5.74) is 8.08. The smallest absolute Gasteiger partial charge is 0.330 e. The molecule has 0 amide bonds. The molecule has 3 N–H and O–H groups in total. The van der Waals surface area contributed by atoms with Crippen LogP contribution in [-0.2, 0) is 32.0 Å². The van der Waals surface area contributed by atoms with Crippen molar-refractivity contribution in [2.75, 3.05) is 33.2 Å². The van der Waals surface area contributed by atoms with Crippen molar-refractivity contribution >= 4 is 28.7 Å². The number of aromatic amines is 1. The number of benzene rings is 1. The van der Waals surface area contributed by atoms with Gasteiger partial charge in [-0.3, -0.25) is 9.36 Å². The van der Waals surface area contributed by atoms with Crippen LogP contribution in [0.2, 0.25) is 0 Å². The lowest BCUT2D eigenvalue weighted by atomic mass is 10.1. The summed E-state index contributed by atoms with van der Waals surface area (Å²) in [5.74, 6) is -0.624. The van der Waals surface area contributed by atoms with Gasteiger partial charge in [0.05, 0.1) is 20.3 Å². The van der Waals surface area contributed by atoms with Gasteiger partial charge in [-0.15, -0.1) is 0 Å². The van der Waals surface area contributed by atoms with E-state index < -0.39 is 5.97 Å². The SMILES string of the molecule is COCCOc1nc(N)c2[nH]c(=O)n(Cc3ccc(CCC(=O)/C=C/C(=O)OC)cc3)c2n1. The van der Waals surface area contributed by atoms with Crippen LogP contribution in [0.15, 0.2) is 41.2 Å². The number of aromatic nitrogens is 4. The average Bonchev–Trinajstić information content (AvgIpc) is 3.12. The molecule has 0 fully saturated rings. The molecule has 2 aromatic heterocycles. The van der Waals surface area contributed by atoms with Crippen LogP contribution < -0.4 is 16.2 Å². The lowest BCUT2D eigenvalue weighted by molar-refractivity contribution is -0.135. The molecule has 0 aliphatic rings. The van der Waals surface area contributed by atoms with Crippen LogP contribution in [0.1, 0.15) is 17.5 Å². The number of nitrogens with one attached hydrogen (secondary N) is 1. The number of nitrogen functional groups attached to an aromatic ring is 1. The molecule has 174 valence electrons. The first-order valence-electron chi connectivity index (χ1n) is 10.2. The molecular formula is C22H25N5O6. The minimum Gasteiger partial charge on any atom is -0.466 e. The highest BCUT2D eigenvalue weighted by atomic mass is 16.5. The summed E-state index contributed by atoms with van der Waals surface area (Å²) in [6.07, 6.45) is 3.10. The number of allylic oxidation sites excluding steroid dienone is 1. The van der Waals surface area contributed by atoms with E-state index in [0.717, 1.165) is 17.2 Å². The molecule has 1 aromatic carbocycles. The second-order valence-electron chi connectivity index (χ2n) is 7.09. The molecule has 11 heteroatoms. The lowest BCUT2D eigenvalue weighted by Gasteiger charge is -2.07. The highest BCUT2D eigenvalue weighted by Crippen LogP contribution is 2.19. The number of nitrogens with zero attached hydrogens (tertiary/aromatic N) is 3. The Kier molecular flexibility index (Phi) is 7.92. The Morgan fingerprint density at radius 2 is 1.82 bits per heavy atom. The predicted molar refractivity (Wildman–Crippen MR) is 120 cm³/mol. The number of ether oxygens (including phenoxy) is 3. The van der Waals surface area contributed by atoms with Gasteiger partial charge in [0.1, 0.15) is 12.1 Å². The van der Waals surface area contributed by atoms with Gasteiger partial charge in [-0.25, -0.2) is 9.59 Å². The Morgan fingerprint density at radius 1 is 1.09 bits per heavy atom. The summed E-state index contributed by atoms with van der Waals surface area (Å²) in [6, 6.07) is 7.57. The highest BCUT2D eigenvalue weighted by Gasteiger charge is 2.15. The Hall–Kier alpha value is -3.99. The van der Waals surface area contributed by atoms with E-state index in [0.29, 0.717) is 24.2 Å². The Balaban J connectivity index is 1.70. The Morgan fingerprint density at radius 3 is 2.52 bits per heavy atom. The van der Waals surface area contributed by atoms with Crippen molar-refractivity contribution in [3.05, 3.63) is 58.0 Å². The molecule has 0 spiro atoms. The number of carbonyl (C=O) groups is 2. The van der Waals surface area contributed by atoms with Gasteiger partial charge in [-0.1, -0.05) is 24.3 Å². The summed E-state index contributed by atoms with van der Waals surface area (Å²) >= 11 is 0. The molecular weight excluding hydrogens is 430 g/mol. The molecule has 0 saturated heterocycles. The van der Waals surface area contributed by atoms with Crippen LogP contribution in [0.5, 0.6) is 6.01 Å². The number of nitrogens with two attached hydrogens (primary N) is 1. The van der Waals surface area contributed by atoms with E-state index in [1.807, 2.05) is 24.3 Å². The molecule has 2 heterocycles. The van der Waals surface area contributed by atoms with E-state index in [1.165, 1.54) is 17.8 Å². The highest BCUT2D eigenvalue weighted by molar-refractivity contribution is 5.95. The third kappa shape index (κ3) is 6.26.